The molecule has 0 saturated carbocycles. The maximum atomic E-state index is 12.4. The summed E-state index contributed by atoms with van der Waals surface area (Å²) in [6.07, 6.45) is 3.76. The summed E-state index contributed by atoms with van der Waals surface area (Å²) in [7, 11) is 0. The number of allylic oxidation sites excluding steroid dienone is 1. The molecule has 0 aliphatic heterocycles. The molecular formula is C22H23F3O. The predicted molar refractivity (Wildman–Crippen MR) is 99.0 cm³/mol. The third-order valence-electron chi connectivity index (χ3n) is 4.74. The molecule has 0 aromatic heterocycles. The summed E-state index contributed by atoms with van der Waals surface area (Å²) in [5.41, 5.74) is 5.63. The molecule has 138 valence electrons. The van der Waals surface area contributed by atoms with Crippen LogP contribution in [0.4, 0.5) is 13.2 Å². The van der Waals surface area contributed by atoms with E-state index in [2.05, 4.69) is 42.0 Å². The van der Waals surface area contributed by atoms with Gasteiger partial charge in [-0.05, 0) is 65.6 Å². The van der Waals surface area contributed by atoms with Crippen LogP contribution < -0.4 is 4.74 Å². The Morgan fingerprint density at radius 2 is 1.73 bits per heavy atom. The molecule has 0 unspecified atom stereocenters. The molecule has 0 atom stereocenters. The van der Waals surface area contributed by atoms with Gasteiger partial charge in [-0.15, -0.1) is 13.2 Å². The Hall–Kier alpha value is -2.23. The van der Waals surface area contributed by atoms with Crippen LogP contribution in [0.25, 0.3) is 11.6 Å². The summed E-state index contributed by atoms with van der Waals surface area (Å²) in [5, 5.41) is 0. The minimum Gasteiger partial charge on any atom is -0.406 e. The number of hydrogen-bond acceptors (Lipinski definition) is 1. The first-order valence-corrected chi connectivity index (χ1v) is 9.13. The van der Waals surface area contributed by atoms with E-state index in [0.29, 0.717) is 6.42 Å². The lowest BCUT2D eigenvalue weighted by molar-refractivity contribution is -0.274. The minimum atomic E-state index is -4.65. The summed E-state index contributed by atoms with van der Waals surface area (Å²) in [6.45, 7) is 2.20. The number of halogens is 3. The molecule has 2 aromatic carbocycles. The number of aryl methyl sites for hydroxylation is 2. The lowest BCUT2D eigenvalue weighted by atomic mass is 9.88. The molecule has 0 heterocycles. The third kappa shape index (κ3) is 4.90. The molecule has 1 aliphatic rings. The van der Waals surface area contributed by atoms with Gasteiger partial charge in [0.15, 0.2) is 0 Å². The lowest BCUT2D eigenvalue weighted by Gasteiger charge is -2.18. The van der Waals surface area contributed by atoms with Crippen LogP contribution in [0.3, 0.4) is 0 Å². The van der Waals surface area contributed by atoms with Gasteiger partial charge in [-0.3, -0.25) is 0 Å². The lowest BCUT2D eigenvalue weighted by Crippen LogP contribution is -2.17. The molecule has 0 fully saturated rings. The number of ether oxygens (including phenoxy) is 1. The molecule has 0 amide bonds. The number of hydrogen-bond donors (Lipinski definition) is 0. The highest BCUT2D eigenvalue weighted by molar-refractivity contribution is 5.84. The second-order valence-electron chi connectivity index (χ2n) is 6.73. The monoisotopic (exact) mass is 360 g/mol. The smallest absolute Gasteiger partial charge is 0.406 e. The van der Waals surface area contributed by atoms with Crippen LogP contribution in [0, 0.1) is 0 Å². The van der Waals surface area contributed by atoms with Crippen LogP contribution in [0.2, 0.25) is 0 Å². The summed E-state index contributed by atoms with van der Waals surface area (Å²) in [4.78, 5) is 0. The van der Waals surface area contributed by atoms with E-state index < -0.39 is 6.36 Å². The Morgan fingerprint density at radius 1 is 0.962 bits per heavy atom. The molecule has 0 N–H and O–H groups in total. The maximum Gasteiger partial charge on any atom is 0.573 e. The van der Waals surface area contributed by atoms with Gasteiger partial charge in [-0.25, -0.2) is 0 Å². The van der Waals surface area contributed by atoms with Gasteiger partial charge in [0, 0.05) is 0 Å². The van der Waals surface area contributed by atoms with Crippen molar-refractivity contribution in [3.8, 4) is 5.75 Å². The Balaban J connectivity index is 1.73. The van der Waals surface area contributed by atoms with Gasteiger partial charge in [-0.1, -0.05) is 56.2 Å². The Bertz CT molecular complexity index is 773. The van der Waals surface area contributed by atoms with E-state index in [-0.39, 0.29) is 5.75 Å². The highest BCUT2D eigenvalue weighted by Gasteiger charge is 2.31. The van der Waals surface area contributed by atoms with Gasteiger partial charge >= 0.3 is 6.36 Å². The molecular weight excluding hydrogens is 337 g/mol. The summed E-state index contributed by atoms with van der Waals surface area (Å²) in [6, 6.07) is 13.2. The first-order chi connectivity index (χ1) is 12.4. The van der Waals surface area contributed by atoms with Crippen molar-refractivity contribution in [2.24, 2.45) is 0 Å². The molecule has 4 heteroatoms. The molecule has 3 rings (SSSR count). The fourth-order valence-corrected chi connectivity index (χ4v) is 3.36. The van der Waals surface area contributed by atoms with Crippen LogP contribution in [-0.4, -0.2) is 6.36 Å². The number of alkyl halides is 3. The van der Waals surface area contributed by atoms with Crippen molar-refractivity contribution in [2.45, 2.75) is 51.8 Å². The minimum absolute atomic E-state index is 0.149. The van der Waals surface area contributed by atoms with Crippen LogP contribution in [0.5, 0.6) is 5.75 Å². The van der Waals surface area contributed by atoms with E-state index in [9.17, 15) is 13.2 Å². The maximum absolute atomic E-state index is 12.4. The molecule has 26 heavy (non-hydrogen) atoms. The fourth-order valence-electron chi connectivity index (χ4n) is 3.36. The molecule has 1 aliphatic carbocycles. The van der Waals surface area contributed by atoms with Crippen molar-refractivity contribution in [1.29, 1.82) is 0 Å². The average Bonchev–Trinajstić information content (AvgIpc) is 2.61. The Kier molecular flexibility index (Phi) is 5.70. The zero-order valence-electron chi connectivity index (χ0n) is 14.9. The highest BCUT2D eigenvalue weighted by Crippen LogP contribution is 2.33. The van der Waals surface area contributed by atoms with Gasteiger partial charge in [0.1, 0.15) is 5.75 Å². The summed E-state index contributed by atoms with van der Waals surface area (Å²) >= 11 is 0. The van der Waals surface area contributed by atoms with Crippen LogP contribution in [0.15, 0.2) is 42.5 Å². The van der Waals surface area contributed by atoms with E-state index in [4.69, 9.17) is 0 Å². The predicted octanol–water partition coefficient (Wildman–Crippen LogP) is 6.80. The third-order valence-corrected chi connectivity index (χ3v) is 4.74. The van der Waals surface area contributed by atoms with Gasteiger partial charge < -0.3 is 4.74 Å². The number of rotatable bonds is 6. The van der Waals surface area contributed by atoms with E-state index in [0.717, 1.165) is 24.0 Å². The van der Waals surface area contributed by atoms with E-state index in [1.54, 1.807) is 6.07 Å². The van der Waals surface area contributed by atoms with Crippen LogP contribution in [0.1, 0.15) is 54.9 Å². The Morgan fingerprint density at radius 3 is 2.42 bits per heavy atom. The number of fused-ring (bicyclic) bond motifs is 1. The second kappa shape index (κ2) is 7.98. The molecule has 0 bridgehead atoms. The quantitative estimate of drug-likeness (QED) is 0.515. The molecule has 0 spiro atoms. The molecule has 1 nitrogen and oxygen atoms in total. The van der Waals surface area contributed by atoms with Crippen LogP contribution >= 0.6 is 0 Å². The molecule has 0 radical (unpaired) electrons. The topological polar surface area (TPSA) is 9.23 Å². The largest absolute Gasteiger partial charge is 0.573 e. The van der Waals surface area contributed by atoms with Gasteiger partial charge in [0.05, 0.1) is 0 Å². The van der Waals surface area contributed by atoms with Crippen molar-refractivity contribution >= 4 is 11.6 Å². The Labute approximate surface area is 152 Å². The van der Waals surface area contributed by atoms with Crippen molar-refractivity contribution in [3.63, 3.8) is 0 Å². The SMILES string of the molecule is CCCCCc1ccc(C2=Cc3ccc(OC(F)(F)F)cc3CC2)cc1. The first-order valence-electron chi connectivity index (χ1n) is 9.13. The zero-order chi connectivity index (χ0) is 18.6. The van der Waals surface area contributed by atoms with Crippen LogP contribution in [-0.2, 0) is 12.8 Å². The van der Waals surface area contributed by atoms with Crippen molar-refractivity contribution < 1.29 is 17.9 Å². The first kappa shape index (κ1) is 18.6. The standard InChI is InChI=1S/C22H23F3O/c1-2-3-4-5-16-6-8-17(9-7-16)18-10-11-20-15-21(26-22(23,24)25)13-12-19(20)14-18/h6-9,12-15H,2-5,10-11H2,1H3. The van der Waals surface area contributed by atoms with Crippen molar-refractivity contribution in [2.75, 3.05) is 0 Å². The number of unbranched alkanes of at least 4 members (excludes halogenated alkanes) is 2. The fraction of sp³-hybridized carbons (Fsp3) is 0.364. The molecule has 2 aromatic rings. The zero-order valence-corrected chi connectivity index (χ0v) is 14.9. The van der Waals surface area contributed by atoms with E-state index >= 15 is 0 Å². The van der Waals surface area contributed by atoms with Gasteiger partial charge in [0.2, 0.25) is 0 Å². The normalized spacial score (nSPS) is 13.9. The van der Waals surface area contributed by atoms with Crippen molar-refractivity contribution in [3.05, 3.63) is 64.7 Å². The van der Waals surface area contributed by atoms with Gasteiger partial charge in [0.25, 0.3) is 0 Å². The van der Waals surface area contributed by atoms with Gasteiger partial charge in [-0.2, -0.15) is 0 Å². The van der Waals surface area contributed by atoms with E-state index in [1.165, 1.54) is 48.1 Å². The molecule has 0 saturated heterocycles. The average molecular weight is 360 g/mol. The number of benzene rings is 2. The van der Waals surface area contributed by atoms with E-state index in [1.807, 2.05) is 0 Å². The summed E-state index contributed by atoms with van der Waals surface area (Å²) < 4.78 is 41.1. The second-order valence-corrected chi connectivity index (χ2v) is 6.73. The van der Waals surface area contributed by atoms with Crippen molar-refractivity contribution in [1.82, 2.24) is 0 Å². The summed E-state index contributed by atoms with van der Waals surface area (Å²) in [5.74, 6) is -0.149. The highest BCUT2D eigenvalue weighted by atomic mass is 19.4.